The van der Waals surface area contributed by atoms with Gasteiger partial charge in [0.2, 0.25) is 5.91 Å². The van der Waals surface area contributed by atoms with E-state index in [-0.39, 0.29) is 11.8 Å². The van der Waals surface area contributed by atoms with E-state index in [1.165, 1.54) is 0 Å². The van der Waals surface area contributed by atoms with Crippen molar-refractivity contribution in [3.8, 4) is 0 Å². The maximum absolute atomic E-state index is 12.3. The second kappa shape index (κ2) is 8.90. The van der Waals surface area contributed by atoms with Crippen LogP contribution in [0.3, 0.4) is 0 Å². The number of hydrogen-bond acceptors (Lipinski definition) is 6. The Morgan fingerprint density at radius 1 is 1.26 bits per heavy atom. The predicted molar refractivity (Wildman–Crippen MR) is 104 cm³/mol. The molecule has 1 N–H and O–H groups in total. The van der Waals surface area contributed by atoms with Crippen LogP contribution in [0.1, 0.15) is 42.4 Å². The monoisotopic (exact) mass is 369 g/mol. The number of pyridine rings is 1. The number of aromatic nitrogens is 3. The molecular formula is C20H27N5O2. The van der Waals surface area contributed by atoms with Crippen LogP contribution in [0.25, 0.3) is 0 Å². The van der Waals surface area contributed by atoms with E-state index in [9.17, 15) is 4.79 Å². The number of anilines is 2. The molecule has 1 amide bonds. The van der Waals surface area contributed by atoms with Crippen LogP contribution in [0, 0.1) is 13.8 Å². The molecule has 1 unspecified atom stereocenters. The number of rotatable bonds is 6. The fraction of sp³-hybridized carbons (Fsp3) is 0.500. The number of nitrogens with one attached hydrogen (secondary N) is 1. The zero-order valence-corrected chi connectivity index (χ0v) is 16.2. The van der Waals surface area contributed by atoms with Crippen molar-refractivity contribution in [1.82, 2.24) is 19.9 Å². The Morgan fingerprint density at radius 3 is 2.89 bits per heavy atom. The van der Waals surface area contributed by atoms with Gasteiger partial charge in [0.05, 0.1) is 18.7 Å². The molecule has 7 nitrogen and oxygen atoms in total. The molecule has 3 heterocycles. The molecule has 1 saturated heterocycles. The third kappa shape index (κ3) is 5.23. The molecule has 144 valence electrons. The van der Waals surface area contributed by atoms with Gasteiger partial charge in [-0.2, -0.15) is 0 Å². The van der Waals surface area contributed by atoms with E-state index in [4.69, 9.17) is 4.74 Å². The molecule has 0 saturated carbocycles. The molecular weight excluding hydrogens is 342 g/mol. The SMILES string of the molecule is COCCC(=O)N1CCCC(c2cc(Nc3cccc(C)n3)nc(C)n2)C1. The number of aryl methyl sites for hydroxylation is 2. The van der Waals surface area contributed by atoms with Gasteiger partial charge in [-0.25, -0.2) is 15.0 Å². The van der Waals surface area contributed by atoms with E-state index < -0.39 is 0 Å². The first kappa shape index (κ1) is 19.2. The topological polar surface area (TPSA) is 80.2 Å². The summed E-state index contributed by atoms with van der Waals surface area (Å²) in [5.41, 5.74) is 1.92. The minimum absolute atomic E-state index is 0.148. The number of ether oxygens (including phenoxy) is 1. The average molecular weight is 369 g/mol. The molecule has 0 radical (unpaired) electrons. The van der Waals surface area contributed by atoms with Gasteiger partial charge in [0, 0.05) is 37.9 Å². The summed E-state index contributed by atoms with van der Waals surface area (Å²) < 4.78 is 5.03. The second-order valence-corrected chi connectivity index (χ2v) is 6.94. The van der Waals surface area contributed by atoms with Crippen molar-refractivity contribution >= 4 is 17.5 Å². The van der Waals surface area contributed by atoms with Gasteiger partial charge in [0.25, 0.3) is 0 Å². The minimum atomic E-state index is 0.148. The van der Waals surface area contributed by atoms with Gasteiger partial charge in [0.15, 0.2) is 0 Å². The van der Waals surface area contributed by atoms with Crippen molar-refractivity contribution in [2.24, 2.45) is 0 Å². The molecule has 7 heteroatoms. The number of likely N-dealkylation sites (tertiary alicyclic amines) is 1. The molecule has 1 fully saturated rings. The van der Waals surface area contributed by atoms with Gasteiger partial charge in [-0.15, -0.1) is 0 Å². The molecule has 1 aliphatic rings. The predicted octanol–water partition coefficient (Wildman–Crippen LogP) is 2.97. The van der Waals surface area contributed by atoms with Crippen LogP contribution < -0.4 is 5.32 Å². The van der Waals surface area contributed by atoms with E-state index in [1.54, 1.807) is 7.11 Å². The summed E-state index contributed by atoms with van der Waals surface area (Å²) in [4.78, 5) is 27.9. The van der Waals surface area contributed by atoms with Crippen molar-refractivity contribution in [3.05, 3.63) is 41.5 Å². The van der Waals surface area contributed by atoms with Crippen molar-refractivity contribution in [1.29, 1.82) is 0 Å². The first-order chi connectivity index (χ1) is 13.0. The third-order valence-corrected chi connectivity index (χ3v) is 4.71. The Balaban J connectivity index is 1.74. The number of amides is 1. The van der Waals surface area contributed by atoms with E-state index in [0.29, 0.717) is 25.4 Å². The molecule has 3 rings (SSSR count). The lowest BCUT2D eigenvalue weighted by Gasteiger charge is -2.32. The average Bonchev–Trinajstić information content (AvgIpc) is 2.66. The number of carbonyl (C=O) groups is 1. The lowest BCUT2D eigenvalue weighted by Crippen LogP contribution is -2.39. The fourth-order valence-corrected chi connectivity index (χ4v) is 3.40. The molecule has 0 aromatic carbocycles. The second-order valence-electron chi connectivity index (χ2n) is 6.94. The van der Waals surface area contributed by atoms with E-state index >= 15 is 0 Å². The number of nitrogens with zero attached hydrogens (tertiary/aromatic N) is 4. The molecule has 27 heavy (non-hydrogen) atoms. The van der Waals surface area contributed by atoms with E-state index in [2.05, 4.69) is 20.3 Å². The summed E-state index contributed by atoms with van der Waals surface area (Å²) in [6.45, 7) is 5.81. The van der Waals surface area contributed by atoms with Gasteiger partial charge < -0.3 is 15.0 Å². The first-order valence-corrected chi connectivity index (χ1v) is 9.38. The van der Waals surface area contributed by atoms with Gasteiger partial charge in [-0.05, 0) is 38.8 Å². The van der Waals surface area contributed by atoms with Crippen LogP contribution in [0.4, 0.5) is 11.6 Å². The third-order valence-electron chi connectivity index (χ3n) is 4.71. The minimum Gasteiger partial charge on any atom is -0.384 e. The fourth-order valence-electron chi connectivity index (χ4n) is 3.40. The molecule has 2 aromatic heterocycles. The van der Waals surface area contributed by atoms with Crippen LogP contribution in [0.2, 0.25) is 0 Å². The van der Waals surface area contributed by atoms with Crippen LogP contribution in [0.5, 0.6) is 0 Å². The quantitative estimate of drug-likeness (QED) is 0.843. The Hall–Kier alpha value is -2.54. The van der Waals surface area contributed by atoms with Crippen LogP contribution in [0.15, 0.2) is 24.3 Å². The molecule has 2 aromatic rings. The number of carbonyl (C=O) groups excluding carboxylic acids is 1. The molecule has 0 aliphatic carbocycles. The summed E-state index contributed by atoms with van der Waals surface area (Å²) in [7, 11) is 1.62. The summed E-state index contributed by atoms with van der Waals surface area (Å²) in [6, 6.07) is 7.81. The smallest absolute Gasteiger partial charge is 0.224 e. The standard InChI is InChI=1S/C20H27N5O2/c1-14-6-4-8-18(21-14)24-19-12-17(22-15(2)23-19)16-7-5-10-25(13-16)20(26)9-11-27-3/h4,6,8,12,16H,5,7,9-11,13H2,1-3H3,(H,21,22,23,24). The first-order valence-electron chi connectivity index (χ1n) is 9.38. The van der Waals surface area contributed by atoms with Crippen molar-refractivity contribution in [3.63, 3.8) is 0 Å². The van der Waals surface area contributed by atoms with Crippen LogP contribution in [-0.2, 0) is 9.53 Å². The zero-order valence-electron chi connectivity index (χ0n) is 16.2. The Labute approximate surface area is 160 Å². The summed E-state index contributed by atoms with van der Waals surface area (Å²) in [5.74, 6) is 2.58. The molecule has 1 atom stereocenters. The lowest BCUT2D eigenvalue weighted by atomic mass is 9.94. The highest BCUT2D eigenvalue weighted by atomic mass is 16.5. The highest BCUT2D eigenvalue weighted by molar-refractivity contribution is 5.76. The molecule has 1 aliphatic heterocycles. The van der Waals surface area contributed by atoms with Crippen molar-refractivity contribution in [2.45, 2.75) is 39.0 Å². The zero-order chi connectivity index (χ0) is 19.2. The van der Waals surface area contributed by atoms with Gasteiger partial charge >= 0.3 is 0 Å². The van der Waals surface area contributed by atoms with Gasteiger partial charge in [-0.3, -0.25) is 4.79 Å². The lowest BCUT2D eigenvalue weighted by molar-refractivity contribution is -0.133. The Bertz CT molecular complexity index is 796. The van der Waals surface area contributed by atoms with E-state index in [1.807, 2.05) is 43.0 Å². The van der Waals surface area contributed by atoms with Crippen LogP contribution >= 0.6 is 0 Å². The Morgan fingerprint density at radius 2 is 2.11 bits per heavy atom. The maximum Gasteiger partial charge on any atom is 0.224 e. The largest absolute Gasteiger partial charge is 0.384 e. The van der Waals surface area contributed by atoms with Crippen molar-refractivity contribution in [2.75, 3.05) is 32.1 Å². The highest BCUT2D eigenvalue weighted by Crippen LogP contribution is 2.28. The summed E-state index contributed by atoms with van der Waals surface area (Å²) >= 11 is 0. The summed E-state index contributed by atoms with van der Waals surface area (Å²) in [6.07, 6.45) is 2.43. The normalized spacial score (nSPS) is 17.0. The van der Waals surface area contributed by atoms with Gasteiger partial charge in [-0.1, -0.05) is 6.07 Å². The molecule has 0 spiro atoms. The van der Waals surface area contributed by atoms with Crippen molar-refractivity contribution < 1.29 is 9.53 Å². The summed E-state index contributed by atoms with van der Waals surface area (Å²) in [5, 5.41) is 3.27. The Kier molecular flexibility index (Phi) is 6.34. The van der Waals surface area contributed by atoms with Crippen LogP contribution in [-0.4, -0.2) is 52.6 Å². The maximum atomic E-state index is 12.3. The van der Waals surface area contributed by atoms with Gasteiger partial charge in [0.1, 0.15) is 17.5 Å². The highest BCUT2D eigenvalue weighted by Gasteiger charge is 2.26. The van der Waals surface area contributed by atoms with E-state index in [0.717, 1.165) is 42.4 Å². The number of piperidine rings is 1. The number of hydrogen-bond donors (Lipinski definition) is 1. The number of methoxy groups -OCH3 is 1. The molecule has 0 bridgehead atoms.